The van der Waals surface area contributed by atoms with Crippen molar-refractivity contribution in [1.82, 2.24) is 5.32 Å². The zero-order valence-corrected chi connectivity index (χ0v) is 8.40. The minimum absolute atomic E-state index is 0.832. The quantitative estimate of drug-likeness (QED) is 0.574. The van der Waals surface area contributed by atoms with Crippen molar-refractivity contribution in [3.8, 4) is 12.3 Å². The summed E-state index contributed by atoms with van der Waals surface area (Å²) >= 11 is 0. The van der Waals surface area contributed by atoms with Crippen LogP contribution in [0.5, 0.6) is 0 Å². The molecule has 0 aromatic rings. The molecule has 0 aliphatic heterocycles. The fraction of sp³-hybridized carbons (Fsp3) is 0.818. The molecule has 0 aromatic carbocycles. The average molecular weight is 167 g/mol. The smallest absolute Gasteiger partial charge is 0.00887 e. The number of terminal acetylenes is 1. The van der Waals surface area contributed by atoms with Crippen LogP contribution in [-0.4, -0.2) is 13.6 Å². The monoisotopic (exact) mass is 167 g/mol. The second kappa shape index (κ2) is 8.62. The average Bonchev–Trinajstić information content (AvgIpc) is 2.10. The van der Waals surface area contributed by atoms with Gasteiger partial charge in [-0.1, -0.05) is 19.8 Å². The van der Waals surface area contributed by atoms with Crippen molar-refractivity contribution in [3.63, 3.8) is 0 Å². The Morgan fingerprint density at radius 3 is 2.58 bits per heavy atom. The van der Waals surface area contributed by atoms with Crippen LogP contribution in [0.15, 0.2) is 0 Å². The molecule has 0 spiro atoms. The molecular weight excluding hydrogens is 146 g/mol. The van der Waals surface area contributed by atoms with Crippen molar-refractivity contribution < 1.29 is 0 Å². The van der Waals surface area contributed by atoms with Crippen molar-refractivity contribution in [3.05, 3.63) is 0 Å². The molecule has 1 heteroatoms. The fourth-order valence-electron chi connectivity index (χ4n) is 1.48. The SMILES string of the molecule is C#CCCC(CCC)CCNC. The molecule has 1 atom stereocenters. The van der Waals surface area contributed by atoms with E-state index in [4.69, 9.17) is 6.42 Å². The highest BCUT2D eigenvalue weighted by molar-refractivity contribution is 4.84. The Balaban J connectivity index is 3.48. The third kappa shape index (κ3) is 6.24. The van der Waals surface area contributed by atoms with E-state index in [9.17, 15) is 0 Å². The fourth-order valence-corrected chi connectivity index (χ4v) is 1.48. The Bertz CT molecular complexity index is 123. The van der Waals surface area contributed by atoms with Gasteiger partial charge in [0.15, 0.2) is 0 Å². The Morgan fingerprint density at radius 2 is 2.08 bits per heavy atom. The third-order valence-electron chi connectivity index (χ3n) is 2.20. The summed E-state index contributed by atoms with van der Waals surface area (Å²) in [4.78, 5) is 0. The van der Waals surface area contributed by atoms with Crippen LogP contribution in [0.3, 0.4) is 0 Å². The Morgan fingerprint density at radius 1 is 1.33 bits per heavy atom. The van der Waals surface area contributed by atoms with Crippen molar-refractivity contribution >= 4 is 0 Å². The summed E-state index contributed by atoms with van der Waals surface area (Å²) in [5.74, 6) is 3.54. The highest BCUT2D eigenvalue weighted by Gasteiger charge is 2.05. The van der Waals surface area contributed by atoms with Crippen LogP contribution in [0, 0.1) is 18.3 Å². The van der Waals surface area contributed by atoms with E-state index in [1.54, 1.807) is 0 Å². The molecule has 0 aliphatic rings. The Hall–Kier alpha value is -0.480. The molecule has 0 saturated heterocycles. The number of rotatable bonds is 7. The van der Waals surface area contributed by atoms with Crippen LogP contribution in [0.25, 0.3) is 0 Å². The number of hydrogen-bond acceptors (Lipinski definition) is 1. The van der Waals surface area contributed by atoms with E-state index in [0.29, 0.717) is 0 Å². The molecule has 1 nitrogen and oxygen atoms in total. The first kappa shape index (κ1) is 11.5. The van der Waals surface area contributed by atoms with Gasteiger partial charge >= 0.3 is 0 Å². The molecule has 0 amide bonds. The lowest BCUT2D eigenvalue weighted by Crippen LogP contribution is -2.13. The molecule has 12 heavy (non-hydrogen) atoms. The normalized spacial score (nSPS) is 12.4. The van der Waals surface area contributed by atoms with E-state index >= 15 is 0 Å². The maximum atomic E-state index is 5.24. The molecule has 0 bridgehead atoms. The van der Waals surface area contributed by atoms with E-state index in [-0.39, 0.29) is 0 Å². The number of hydrogen-bond donors (Lipinski definition) is 1. The Labute approximate surface area is 76.9 Å². The van der Waals surface area contributed by atoms with Gasteiger partial charge in [0.2, 0.25) is 0 Å². The second-order valence-corrected chi connectivity index (χ2v) is 3.29. The standard InChI is InChI=1S/C11H21N/c1-4-6-8-11(7-5-2)9-10-12-3/h1,11-12H,5-10H2,2-3H3. The van der Waals surface area contributed by atoms with E-state index in [2.05, 4.69) is 18.2 Å². The van der Waals surface area contributed by atoms with Crippen LogP contribution < -0.4 is 5.32 Å². The maximum absolute atomic E-state index is 5.24. The largest absolute Gasteiger partial charge is 0.320 e. The van der Waals surface area contributed by atoms with Crippen LogP contribution >= 0.6 is 0 Å². The highest BCUT2D eigenvalue weighted by atomic mass is 14.8. The van der Waals surface area contributed by atoms with Crippen LogP contribution in [0.4, 0.5) is 0 Å². The lowest BCUT2D eigenvalue weighted by atomic mass is 9.95. The minimum atomic E-state index is 0.832. The second-order valence-electron chi connectivity index (χ2n) is 3.29. The summed E-state index contributed by atoms with van der Waals surface area (Å²) in [7, 11) is 2.00. The summed E-state index contributed by atoms with van der Waals surface area (Å²) in [6.07, 6.45) is 11.2. The van der Waals surface area contributed by atoms with Gasteiger partial charge < -0.3 is 5.32 Å². The van der Waals surface area contributed by atoms with Crippen molar-refractivity contribution in [1.29, 1.82) is 0 Å². The zero-order chi connectivity index (χ0) is 9.23. The predicted molar refractivity (Wildman–Crippen MR) is 55.0 cm³/mol. The molecule has 0 rings (SSSR count). The van der Waals surface area contributed by atoms with Gasteiger partial charge in [-0.15, -0.1) is 12.3 Å². The molecule has 0 heterocycles. The van der Waals surface area contributed by atoms with Crippen LogP contribution in [0.1, 0.15) is 39.0 Å². The lowest BCUT2D eigenvalue weighted by molar-refractivity contribution is 0.415. The molecule has 0 radical (unpaired) electrons. The van der Waals surface area contributed by atoms with Gasteiger partial charge in [0.05, 0.1) is 0 Å². The molecule has 0 saturated carbocycles. The van der Waals surface area contributed by atoms with E-state index in [1.165, 1.54) is 25.7 Å². The van der Waals surface area contributed by atoms with E-state index in [1.807, 2.05) is 7.05 Å². The molecule has 0 aromatic heterocycles. The highest BCUT2D eigenvalue weighted by Crippen LogP contribution is 2.16. The molecule has 0 aliphatic carbocycles. The van der Waals surface area contributed by atoms with E-state index < -0.39 is 0 Å². The predicted octanol–water partition coefficient (Wildman–Crippen LogP) is 2.43. The van der Waals surface area contributed by atoms with Crippen molar-refractivity contribution in [2.24, 2.45) is 5.92 Å². The first-order valence-electron chi connectivity index (χ1n) is 4.93. The summed E-state index contributed by atoms with van der Waals surface area (Å²) < 4.78 is 0. The molecular formula is C11H21N. The van der Waals surface area contributed by atoms with Gasteiger partial charge in [0.25, 0.3) is 0 Å². The first-order chi connectivity index (χ1) is 5.85. The first-order valence-corrected chi connectivity index (χ1v) is 4.93. The zero-order valence-electron chi connectivity index (χ0n) is 8.40. The van der Waals surface area contributed by atoms with Gasteiger partial charge in [-0.3, -0.25) is 0 Å². The Kier molecular flexibility index (Phi) is 8.27. The van der Waals surface area contributed by atoms with Gasteiger partial charge in [-0.25, -0.2) is 0 Å². The van der Waals surface area contributed by atoms with Crippen molar-refractivity contribution in [2.45, 2.75) is 39.0 Å². The number of nitrogens with one attached hydrogen (secondary N) is 1. The maximum Gasteiger partial charge on any atom is 0.00887 e. The van der Waals surface area contributed by atoms with Crippen LogP contribution in [-0.2, 0) is 0 Å². The van der Waals surface area contributed by atoms with Gasteiger partial charge in [-0.2, -0.15) is 0 Å². The van der Waals surface area contributed by atoms with Gasteiger partial charge in [0.1, 0.15) is 0 Å². The van der Waals surface area contributed by atoms with Crippen molar-refractivity contribution in [2.75, 3.05) is 13.6 Å². The summed E-state index contributed by atoms with van der Waals surface area (Å²) in [5, 5.41) is 3.18. The topological polar surface area (TPSA) is 12.0 Å². The molecule has 70 valence electrons. The van der Waals surface area contributed by atoms with Gasteiger partial charge in [0, 0.05) is 6.42 Å². The molecule has 1 unspecified atom stereocenters. The summed E-state index contributed by atoms with van der Waals surface area (Å²) in [6.45, 7) is 3.36. The molecule has 0 fully saturated rings. The van der Waals surface area contributed by atoms with Gasteiger partial charge in [-0.05, 0) is 32.4 Å². The summed E-state index contributed by atoms with van der Waals surface area (Å²) in [5.41, 5.74) is 0. The van der Waals surface area contributed by atoms with Crippen LogP contribution in [0.2, 0.25) is 0 Å². The minimum Gasteiger partial charge on any atom is -0.320 e. The molecule has 1 N–H and O–H groups in total. The summed E-state index contributed by atoms with van der Waals surface area (Å²) in [6, 6.07) is 0. The lowest BCUT2D eigenvalue weighted by Gasteiger charge is -2.13. The third-order valence-corrected chi connectivity index (χ3v) is 2.20. The van der Waals surface area contributed by atoms with E-state index in [0.717, 1.165) is 18.9 Å².